The molecule has 20 heavy (non-hydrogen) atoms. The predicted molar refractivity (Wildman–Crippen MR) is 76.0 cm³/mol. The average molecular weight is 274 g/mol. The Morgan fingerprint density at radius 3 is 2.70 bits per heavy atom. The first-order valence-electron chi connectivity index (χ1n) is 6.40. The van der Waals surface area contributed by atoms with Crippen LogP contribution < -0.4 is 0 Å². The summed E-state index contributed by atoms with van der Waals surface area (Å²) in [4.78, 5) is 11.3. The largest absolute Gasteiger partial charge is 0.477 e. The second-order valence-electron chi connectivity index (χ2n) is 4.75. The van der Waals surface area contributed by atoms with Gasteiger partial charge in [0.2, 0.25) is 0 Å². The van der Waals surface area contributed by atoms with Crippen LogP contribution in [0.1, 0.15) is 21.6 Å². The first kappa shape index (κ1) is 14.3. The molecule has 0 aliphatic rings. The fourth-order valence-corrected chi connectivity index (χ4v) is 2.17. The van der Waals surface area contributed by atoms with Crippen molar-refractivity contribution >= 4 is 5.97 Å². The molecule has 0 aliphatic carbocycles. The zero-order chi connectivity index (χ0) is 14.7. The number of carbonyl (C=O) groups is 1. The second-order valence-corrected chi connectivity index (χ2v) is 4.75. The Hall–Kier alpha value is -2.14. The molecule has 1 N–H and O–H groups in total. The van der Waals surface area contributed by atoms with Gasteiger partial charge in [-0.05, 0) is 25.5 Å². The van der Waals surface area contributed by atoms with Gasteiger partial charge in [0.15, 0.2) is 0 Å². The molecule has 0 atom stereocenters. The smallest absolute Gasteiger partial charge is 0.354 e. The Bertz CT molecular complexity index is 632. The highest BCUT2D eigenvalue weighted by molar-refractivity contribution is 5.87. The van der Waals surface area contributed by atoms with Crippen molar-refractivity contribution in [1.82, 2.24) is 9.78 Å². The molecule has 0 amide bonds. The van der Waals surface area contributed by atoms with Crippen molar-refractivity contribution < 1.29 is 14.6 Å². The summed E-state index contributed by atoms with van der Waals surface area (Å²) in [6.45, 7) is 4.87. The van der Waals surface area contributed by atoms with Crippen LogP contribution in [0.2, 0.25) is 0 Å². The zero-order valence-corrected chi connectivity index (χ0v) is 11.9. The number of aromatic nitrogens is 2. The Morgan fingerprint density at radius 1 is 1.35 bits per heavy atom. The number of methoxy groups -OCH3 is 1. The number of nitrogens with zero attached hydrogens (tertiary/aromatic N) is 2. The average Bonchev–Trinajstić information content (AvgIpc) is 2.80. The van der Waals surface area contributed by atoms with Crippen molar-refractivity contribution in [2.24, 2.45) is 0 Å². The van der Waals surface area contributed by atoms with E-state index in [0.29, 0.717) is 18.8 Å². The van der Waals surface area contributed by atoms with Crippen LogP contribution in [0.3, 0.4) is 0 Å². The molecule has 106 valence electrons. The molecule has 1 aromatic carbocycles. The van der Waals surface area contributed by atoms with Crippen molar-refractivity contribution in [3.05, 3.63) is 41.1 Å². The highest BCUT2D eigenvalue weighted by atomic mass is 16.5. The van der Waals surface area contributed by atoms with E-state index in [4.69, 9.17) is 4.74 Å². The third kappa shape index (κ3) is 2.88. The summed E-state index contributed by atoms with van der Waals surface area (Å²) in [6.07, 6.45) is 0. The standard InChI is InChI=1S/C15H18N2O3/c1-10-4-5-12(11(2)8-10)13-9-14(15(18)19)17(16-13)6-7-20-3/h4-5,8-9H,6-7H2,1-3H3,(H,18,19). The van der Waals surface area contributed by atoms with E-state index in [-0.39, 0.29) is 5.69 Å². The van der Waals surface area contributed by atoms with E-state index in [1.165, 1.54) is 10.2 Å². The Morgan fingerprint density at radius 2 is 2.10 bits per heavy atom. The van der Waals surface area contributed by atoms with Crippen LogP contribution >= 0.6 is 0 Å². The van der Waals surface area contributed by atoms with Crippen LogP contribution in [0.5, 0.6) is 0 Å². The van der Waals surface area contributed by atoms with E-state index in [1.54, 1.807) is 13.2 Å². The van der Waals surface area contributed by atoms with Crippen LogP contribution in [0, 0.1) is 13.8 Å². The molecule has 0 saturated carbocycles. The van der Waals surface area contributed by atoms with E-state index in [9.17, 15) is 9.90 Å². The minimum atomic E-state index is -0.982. The molecule has 0 unspecified atom stereocenters. The molecule has 0 radical (unpaired) electrons. The number of hydrogen-bond acceptors (Lipinski definition) is 3. The van der Waals surface area contributed by atoms with Gasteiger partial charge >= 0.3 is 5.97 Å². The maximum atomic E-state index is 11.3. The molecule has 2 rings (SSSR count). The number of rotatable bonds is 5. The topological polar surface area (TPSA) is 64.4 Å². The molecule has 0 bridgehead atoms. The van der Waals surface area contributed by atoms with Crippen molar-refractivity contribution in [3.63, 3.8) is 0 Å². The summed E-state index contributed by atoms with van der Waals surface area (Å²) in [5, 5.41) is 13.6. The van der Waals surface area contributed by atoms with Crippen molar-refractivity contribution in [1.29, 1.82) is 0 Å². The minimum Gasteiger partial charge on any atom is -0.477 e. The Kier molecular flexibility index (Phi) is 4.20. The lowest BCUT2D eigenvalue weighted by molar-refractivity contribution is 0.0680. The Balaban J connectivity index is 2.44. The van der Waals surface area contributed by atoms with E-state index < -0.39 is 5.97 Å². The van der Waals surface area contributed by atoms with Crippen LogP contribution in [-0.4, -0.2) is 34.6 Å². The second kappa shape index (κ2) is 5.88. The highest BCUT2D eigenvalue weighted by Crippen LogP contribution is 2.24. The van der Waals surface area contributed by atoms with Gasteiger partial charge in [0.25, 0.3) is 0 Å². The van der Waals surface area contributed by atoms with Crippen molar-refractivity contribution in [3.8, 4) is 11.3 Å². The number of carboxylic acids is 1. The number of aryl methyl sites for hydroxylation is 2. The van der Waals surface area contributed by atoms with Crippen LogP contribution in [-0.2, 0) is 11.3 Å². The number of carboxylic acid groups (broad SMARTS) is 1. The first-order valence-corrected chi connectivity index (χ1v) is 6.40. The lowest BCUT2D eigenvalue weighted by Crippen LogP contribution is -2.13. The summed E-state index contributed by atoms with van der Waals surface area (Å²) in [6, 6.07) is 7.63. The third-order valence-electron chi connectivity index (χ3n) is 3.16. The molecule has 0 fully saturated rings. The molecule has 5 heteroatoms. The highest BCUT2D eigenvalue weighted by Gasteiger charge is 2.16. The van der Waals surface area contributed by atoms with Gasteiger partial charge in [-0.2, -0.15) is 5.10 Å². The van der Waals surface area contributed by atoms with Gasteiger partial charge in [0, 0.05) is 12.7 Å². The third-order valence-corrected chi connectivity index (χ3v) is 3.16. The summed E-state index contributed by atoms with van der Waals surface area (Å²) < 4.78 is 6.45. The molecular weight excluding hydrogens is 256 g/mol. The van der Waals surface area contributed by atoms with Crippen molar-refractivity contribution in [2.75, 3.05) is 13.7 Å². The fourth-order valence-electron chi connectivity index (χ4n) is 2.17. The SMILES string of the molecule is COCCn1nc(-c2ccc(C)cc2C)cc1C(=O)O. The first-order chi connectivity index (χ1) is 9.52. The summed E-state index contributed by atoms with van der Waals surface area (Å²) in [7, 11) is 1.58. The maximum absolute atomic E-state index is 11.3. The molecular formula is C15H18N2O3. The monoisotopic (exact) mass is 274 g/mol. The minimum absolute atomic E-state index is 0.178. The van der Waals surface area contributed by atoms with E-state index in [0.717, 1.165) is 11.1 Å². The zero-order valence-electron chi connectivity index (χ0n) is 11.9. The molecule has 2 aromatic rings. The van der Waals surface area contributed by atoms with E-state index >= 15 is 0 Å². The summed E-state index contributed by atoms with van der Waals surface area (Å²) in [5.74, 6) is -0.982. The quantitative estimate of drug-likeness (QED) is 0.910. The summed E-state index contributed by atoms with van der Waals surface area (Å²) in [5.41, 5.74) is 4.06. The lowest BCUT2D eigenvalue weighted by atomic mass is 10.0. The lowest BCUT2D eigenvalue weighted by Gasteiger charge is -2.04. The Labute approximate surface area is 117 Å². The molecule has 5 nitrogen and oxygen atoms in total. The van der Waals surface area contributed by atoms with Gasteiger partial charge < -0.3 is 9.84 Å². The van der Waals surface area contributed by atoms with Crippen LogP contribution in [0.15, 0.2) is 24.3 Å². The van der Waals surface area contributed by atoms with Gasteiger partial charge in [-0.3, -0.25) is 4.68 Å². The van der Waals surface area contributed by atoms with E-state index in [2.05, 4.69) is 11.2 Å². The number of aromatic carboxylic acids is 1. The van der Waals surface area contributed by atoms with E-state index in [1.807, 2.05) is 26.0 Å². The fraction of sp³-hybridized carbons (Fsp3) is 0.333. The molecule has 1 aromatic heterocycles. The number of benzene rings is 1. The van der Waals surface area contributed by atoms with Gasteiger partial charge in [0.1, 0.15) is 5.69 Å². The number of hydrogen-bond donors (Lipinski definition) is 1. The summed E-state index contributed by atoms with van der Waals surface area (Å²) >= 11 is 0. The molecule has 0 saturated heterocycles. The van der Waals surface area contributed by atoms with Crippen molar-refractivity contribution in [2.45, 2.75) is 20.4 Å². The van der Waals surface area contributed by atoms with Gasteiger partial charge in [0.05, 0.1) is 18.8 Å². The molecule has 0 aliphatic heterocycles. The molecule has 0 spiro atoms. The van der Waals surface area contributed by atoms with Crippen LogP contribution in [0.25, 0.3) is 11.3 Å². The van der Waals surface area contributed by atoms with Crippen LogP contribution in [0.4, 0.5) is 0 Å². The van der Waals surface area contributed by atoms with Gasteiger partial charge in [-0.1, -0.05) is 23.8 Å². The number of ether oxygens (including phenoxy) is 1. The van der Waals surface area contributed by atoms with Gasteiger partial charge in [-0.15, -0.1) is 0 Å². The predicted octanol–water partition coefficient (Wildman–Crippen LogP) is 2.51. The normalized spacial score (nSPS) is 10.8. The molecule has 1 heterocycles. The maximum Gasteiger partial charge on any atom is 0.354 e. The van der Waals surface area contributed by atoms with Gasteiger partial charge in [-0.25, -0.2) is 4.79 Å².